The number of nitrogens with one attached hydrogen (secondary N) is 2. The Morgan fingerprint density at radius 3 is 1.28 bits per heavy atom. The molecule has 8 aromatic rings. The first kappa shape index (κ1) is 42.7. The molecule has 0 saturated carbocycles. The summed E-state index contributed by atoms with van der Waals surface area (Å²) in [4.78, 5) is 34.5. The summed E-state index contributed by atoms with van der Waals surface area (Å²) in [7, 11) is 0. The SMILES string of the molecule is Cc1cc(N)nc(C)c1CNC(=O)c1ccc2c(c1)[C@@H]1O[C@H]2c2cc(Cn3cccn3)ccc21.Cc1cc(N)nc(C)c1CNC(=O)c1ccc2c(c1)[C@H]1O[C@@H]2c2cc(Cn3cccn3)ccc21. The first-order valence-corrected chi connectivity index (χ1v) is 22.8. The fourth-order valence-electron chi connectivity index (χ4n) is 10.3. The molecular weight excluding hydrogens is 853 g/mol. The summed E-state index contributed by atoms with van der Waals surface area (Å²) in [5.41, 5.74) is 30.2. The first-order valence-electron chi connectivity index (χ1n) is 22.8. The van der Waals surface area contributed by atoms with Crippen molar-refractivity contribution in [2.45, 2.75) is 78.3 Å². The number of amides is 2. The highest BCUT2D eigenvalue weighted by molar-refractivity contribution is 5.95. The number of carbonyl (C=O) groups excluding carboxylic acids is 2. The fourth-order valence-corrected chi connectivity index (χ4v) is 10.3. The van der Waals surface area contributed by atoms with Crippen molar-refractivity contribution in [1.29, 1.82) is 0 Å². The third-order valence-electron chi connectivity index (χ3n) is 13.6. The van der Waals surface area contributed by atoms with Crippen molar-refractivity contribution in [2.24, 2.45) is 0 Å². The molecule has 4 aromatic heterocycles. The molecule has 14 heteroatoms. The minimum atomic E-state index is -0.132. The molecular formula is C54H50N10O4. The lowest BCUT2D eigenvalue weighted by molar-refractivity contribution is 0.0855. The van der Waals surface area contributed by atoms with Crippen LogP contribution in [-0.2, 0) is 35.7 Å². The van der Waals surface area contributed by atoms with Crippen molar-refractivity contribution in [3.05, 3.63) is 222 Å². The molecule has 4 aromatic carbocycles. The third kappa shape index (κ3) is 7.76. The van der Waals surface area contributed by atoms with E-state index >= 15 is 0 Å². The van der Waals surface area contributed by atoms with E-state index < -0.39 is 0 Å². The molecule has 0 spiro atoms. The van der Waals surface area contributed by atoms with E-state index in [2.05, 4.69) is 67.2 Å². The van der Waals surface area contributed by atoms with E-state index in [-0.39, 0.29) is 36.2 Å². The maximum atomic E-state index is 12.9. The molecule has 12 rings (SSSR count). The molecule has 0 saturated heterocycles. The van der Waals surface area contributed by atoms with E-state index in [0.717, 1.165) is 69.0 Å². The van der Waals surface area contributed by atoms with Crippen LogP contribution < -0.4 is 22.1 Å². The average Bonchev–Trinajstić information content (AvgIpc) is 4.20. The smallest absolute Gasteiger partial charge is 0.251 e. The van der Waals surface area contributed by atoms with Crippen LogP contribution in [0.5, 0.6) is 0 Å². The molecule has 0 unspecified atom stereocenters. The van der Waals surface area contributed by atoms with E-state index in [9.17, 15) is 9.59 Å². The monoisotopic (exact) mass is 902 g/mol. The molecule has 0 fully saturated rings. The molecule has 0 aliphatic carbocycles. The maximum Gasteiger partial charge on any atom is 0.251 e. The molecule has 2 amide bonds. The summed E-state index contributed by atoms with van der Waals surface area (Å²) in [6.07, 6.45) is 7.06. The zero-order chi connectivity index (χ0) is 46.8. The Kier molecular flexibility index (Phi) is 10.7. The van der Waals surface area contributed by atoms with E-state index in [0.29, 0.717) is 35.9 Å². The predicted molar refractivity (Wildman–Crippen MR) is 257 cm³/mol. The summed E-state index contributed by atoms with van der Waals surface area (Å²) in [5, 5.41) is 14.7. The van der Waals surface area contributed by atoms with Gasteiger partial charge in [-0.3, -0.25) is 19.0 Å². The van der Waals surface area contributed by atoms with Gasteiger partial charge in [0.15, 0.2) is 0 Å². The molecule has 4 aliphatic rings. The number of pyridine rings is 2. The standard InChI is InChI=1S/2C27H25N5O2/c2*1-15-10-24(28)31-16(2)23(15)13-29-27(33)18-5-7-20-22(12-18)26-19-6-4-17(11-21(19)25(20)34-26)14-32-9-3-8-30-32/h2*3-12,25-26H,13-14H2,1-2H3,(H2,28,31)(H,29,33)/t2*25-,26-/m10/s1. The predicted octanol–water partition coefficient (Wildman–Crippen LogP) is 7.96. The summed E-state index contributed by atoms with van der Waals surface area (Å²) in [6.45, 7) is 10.1. The number of hydrogen-bond acceptors (Lipinski definition) is 10. The van der Waals surface area contributed by atoms with E-state index in [1.165, 1.54) is 33.4 Å². The summed E-state index contributed by atoms with van der Waals surface area (Å²) < 4.78 is 16.5. The van der Waals surface area contributed by atoms with Crippen LogP contribution in [0.15, 0.2) is 122 Å². The normalized spacial score (nSPS) is 17.5. The van der Waals surface area contributed by atoms with Crippen molar-refractivity contribution in [3.8, 4) is 0 Å². The van der Waals surface area contributed by atoms with Crippen LogP contribution in [0.4, 0.5) is 11.6 Å². The van der Waals surface area contributed by atoms with Gasteiger partial charge in [-0.25, -0.2) is 9.97 Å². The number of benzene rings is 4. The van der Waals surface area contributed by atoms with Crippen LogP contribution in [0.25, 0.3) is 0 Å². The van der Waals surface area contributed by atoms with Gasteiger partial charge in [0, 0.05) is 60.4 Å². The molecule has 8 heterocycles. The quantitative estimate of drug-likeness (QED) is 0.105. The molecule has 0 radical (unpaired) electrons. The van der Waals surface area contributed by atoms with Crippen LogP contribution in [0.3, 0.4) is 0 Å². The van der Waals surface area contributed by atoms with Crippen molar-refractivity contribution in [3.63, 3.8) is 0 Å². The van der Waals surface area contributed by atoms with Crippen LogP contribution in [-0.4, -0.2) is 41.3 Å². The second-order valence-electron chi connectivity index (χ2n) is 18.0. The number of rotatable bonds is 10. The Bertz CT molecular complexity index is 3030. The van der Waals surface area contributed by atoms with Gasteiger partial charge in [-0.15, -0.1) is 0 Å². The Morgan fingerprint density at radius 2 is 0.912 bits per heavy atom. The number of aromatic nitrogens is 6. The molecule has 68 heavy (non-hydrogen) atoms. The van der Waals surface area contributed by atoms with Crippen LogP contribution in [0, 0.1) is 27.7 Å². The number of aryl methyl sites for hydroxylation is 4. The number of hydrogen-bond donors (Lipinski definition) is 4. The second-order valence-corrected chi connectivity index (χ2v) is 18.0. The second kappa shape index (κ2) is 17.0. The van der Waals surface area contributed by atoms with Gasteiger partial charge in [0.1, 0.15) is 36.1 Å². The zero-order valence-electron chi connectivity index (χ0n) is 38.2. The van der Waals surface area contributed by atoms with Gasteiger partial charge in [0.25, 0.3) is 11.8 Å². The summed E-state index contributed by atoms with van der Waals surface area (Å²) in [6, 6.07) is 32.3. The van der Waals surface area contributed by atoms with E-state index in [4.69, 9.17) is 20.9 Å². The highest BCUT2D eigenvalue weighted by atomic mass is 16.5. The van der Waals surface area contributed by atoms with Crippen LogP contribution in [0.1, 0.15) is 134 Å². The number of anilines is 2. The number of carbonyl (C=O) groups is 2. The Balaban J connectivity index is 0.000000149. The Labute approximate surface area is 393 Å². The van der Waals surface area contributed by atoms with Gasteiger partial charge in [-0.2, -0.15) is 10.2 Å². The number of nitrogen functional groups attached to an aromatic ring is 2. The maximum absolute atomic E-state index is 12.9. The molecule has 4 bridgehead atoms. The summed E-state index contributed by atoms with van der Waals surface area (Å²) >= 11 is 0. The van der Waals surface area contributed by atoms with Crippen molar-refractivity contribution >= 4 is 23.5 Å². The van der Waals surface area contributed by atoms with Crippen molar-refractivity contribution in [1.82, 2.24) is 40.2 Å². The lowest BCUT2D eigenvalue weighted by Crippen LogP contribution is -2.24. The molecule has 6 N–H and O–H groups in total. The lowest BCUT2D eigenvalue weighted by Gasteiger charge is -2.18. The highest BCUT2D eigenvalue weighted by Crippen LogP contribution is 2.55. The Hall–Kier alpha value is -7.94. The first-order chi connectivity index (χ1) is 32.9. The summed E-state index contributed by atoms with van der Waals surface area (Å²) in [5.74, 6) is 0.757. The molecule has 4 aliphatic heterocycles. The topological polar surface area (TPSA) is 190 Å². The van der Waals surface area contributed by atoms with Crippen molar-refractivity contribution in [2.75, 3.05) is 11.5 Å². The van der Waals surface area contributed by atoms with Gasteiger partial charge in [-0.1, -0.05) is 48.5 Å². The largest absolute Gasteiger partial charge is 0.384 e. The highest BCUT2D eigenvalue weighted by Gasteiger charge is 2.44. The van der Waals surface area contributed by atoms with Gasteiger partial charge in [-0.05, 0) is 154 Å². The van der Waals surface area contributed by atoms with Crippen molar-refractivity contribution < 1.29 is 19.1 Å². The minimum Gasteiger partial charge on any atom is -0.384 e. The molecule has 14 nitrogen and oxygen atoms in total. The van der Waals surface area contributed by atoms with Gasteiger partial charge in [0.05, 0.1) is 13.1 Å². The van der Waals surface area contributed by atoms with Crippen LogP contribution >= 0.6 is 0 Å². The van der Waals surface area contributed by atoms with Gasteiger partial charge in [0.2, 0.25) is 0 Å². The fraction of sp³-hybridized carbons (Fsp3) is 0.222. The van der Waals surface area contributed by atoms with E-state index in [1.807, 2.05) is 110 Å². The third-order valence-corrected chi connectivity index (χ3v) is 13.6. The average molecular weight is 903 g/mol. The van der Waals surface area contributed by atoms with E-state index in [1.54, 1.807) is 12.4 Å². The number of nitrogens with two attached hydrogens (primary N) is 2. The number of fused-ring (bicyclic) bond motifs is 16. The molecule has 340 valence electrons. The van der Waals surface area contributed by atoms with Gasteiger partial charge >= 0.3 is 0 Å². The van der Waals surface area contributed by atoms with Crippen LogP contribution in [0.2, 0.25) is 0 Å². The number of nitrogens with zero attached hydrogens (tertiary/aromatic N) is 6. The zero-order valence-corrected chi connectivity index (χ0v) is 38.2. The van der Waals surface area contributed by atoms with Gasteiger partial charge < -0.3 is 31.6 Å². The number of ether oxygens (including phenoxy) is 2. The molecule has 4 atom stereocenters. The minimum absolute atomic E-state index is 0.0872. The Morgan fingerprint density at radius 1 is 0.529 bits per heavy atom. The lowest BCUT2D eigenvalue weighted by atomic mass is 9.84.